The molecule has 0 unspecified atom stereocenters. The largest absolute Gasteiger partial charge is 0.486 e. The van der Waals surface area contributed by atoms with Crippen LogP contribution in [0.1, 0.15) is 30.9 Å². The number of amides is 1. The lowest BCUT2D eigenvalue weighted by molar-refractivity contribution is -0.126. The first-order valence-electron chi connectivity index (χ1n) is 13.5. The molecule has 0 bridgehead atoms. The molecule has 2 saturated heterocycles. The van der Waals surface area contributed by atoms with Gasteiger partial charge < -0.3 is 29.7 Å². The Morgan fingerprint density at radius 3 is 2.57 bits per heavy atom. The molecule has 6 rings (SSSR count). The van der Waals surface area contributed by atoms with Gasteiger partial charge in [-0.15, -0.1) is 0 Å². The summed E-state index contributed by atoms with van der Waals surface area (Å²) in [6.07, 6.45) is 2.28. The molecule has 2 fully saturated rings. The molecule has 3 aromatic rings. The van der Waals surface area contributed by atoms with Crippen LogP contribution < -0.4 is 19.7 Å². The standard InChI is InChI=1S/C30H35N3O4/c34-29(23-8-10-27-28(18-23)37-16-15-36-27)26(20-32-12-3-4-13-32)31-30(35)24-11-14-33(19-24)25-9-7-21-5-1-2-6-22(21)17-25/h1-2,5-10,17-18,24,26,29,34H,3-4,11-16,19-20H2,(H,31,35)/t24-,26-,29-/m1/s1. The van der Waals surface area contributed by atoms with E-state index in [4.69, 9.17) is 9.47 Å². The van der Waals surface area contributed by atoms with Crippen LogP contribution in [-0.4, -0.2) is 67.9 Å². The number of ether oxygens (including phenoxy) is 2. The Morgan fingerprint density at radius 2 is 1.73 bits per heavy atom. The smallest absolute Gasteiger partial charge is 0.225 e. The Labute approximate surface area is 218 Å². The molecule has 3 aromatic carbocycles. The first-order valence-corrected chi connectivity index (χ1v) is 13.5. The minimum atomic E-state index is -0.835. The number of aliphatic hydroxyl groups excluding tert-OH is 1. The van der Waals surface area contributed by atoms with Gasteiger partial charge in [0.1, 0.15) is 19.3 Å². The second kappa shape index (κ2) is 10.6. The summed E-state index contributed by atoms with van der Waals surface area (Å²) in [5.74, 6) is 1.25. The maximum absolute atomic E-state index is 13.5. The summed E-state index contributed by atoms with van der Waals surface area (Å²) in [6, 6.07) is 20.0. The summed E-state index contributed by atoms with van der Waals surface area (Å²) < 4.78 is 11.4. The molecule has 1 amide bonds. The van der Waals surface area contributed by atoms with Crippen LogP contribution in [0.15, 0.2) is 60.7 Å². The zero-order chi connectivity index (χ0) is 25.2. The number of aliphatic hydroxyl groups is 1. The van der Waals surface area contributed by atoms with Crippen molar-refractivity contribution in [2.24, 2.45) is 5.92 Å². The third kappa shape index (κ3) is 5.24. The van der Waals surface area contributed by atoms with Gasteiger partial charge in [-0.3, -0.25) is 4.79 Å². The maximum Gasteiger partial charge on any atom is 0.225 e. The summed E-state index contributed by atoms with van der Waals surface area (Å²) in [6.45, 7) is 5.18. The van der Waals surface area contributed by atoms with Crippen molar-refractivity contribution in [3.63, 3.8) is 0 Å². The predicted octanol–water partition coefficient (Wildman–Crippen LogP) is 3.75. The van der Waals surface area contributed by atoms with Crippen molar-refractivity contribution in [1.82, 2.24) is 10.2 Å². The quantitative estimate of drug-likeness (QED) is 0.514. The molecule has 2 N–H and O–H groups in total. The molecular weight excluding hydrogens is 466 g/mol. The van der Waals surface area contributed by atoms with Gasteiger partial charge in [-0.05, 0) is 73.0 Å². The Bertz CT molecular complexity index is 1260. The lowest BCUT2D eigenvalue weighted by Crippen LogP contribution is -2.48. The Hall–Kier alpha value is -3.29. The highest BCUT2D eigenvalue weighted by atomic mass is 16.6. The molecule has 7 heteroatoms. The van der Waals surface area contributed by atoms with Gasteiger partial charge in [-0.2, -0.15) is 0 Å². The van der Waals surface area contributed by atoms with E-state index in [-0.39, 0.29) is 11.8 Å². The normalized spacial score (nSPS) is 21.2. The van der Waals surface area contributed by atoms with E-state index in [2.05, 4.69) is 57.6 Å². The van der Waals surface area contributed by atoms with Crippen molar-refractivity contribution >= 4 is 22.4 Å². The van der Waals surface area contributed by atoms with Crippen molar-refractivity contribution in [2.45, 2.75) is 31.4 Å². The lowest BCUT2D eigenvalue weighted by Gasteiger charge is -2.30. The number of carbonyl (C=O) groups excluding carboxylic acids is 1. The molecule has 7 nitrogen and oxygen atoms in total. The summed E-state index contributed by atoms with van der Waals surface area (Å²) in [5.41, 5.74) is 1.89. The van der Waals surface area contributed by atoms with Crippen molar-refractivity contribution in [2.75, 3.05) is 50.8 Å². The zero-order valence-corrected chi connectivity index (χ0v) is 21.1. The molecule has 0 aromatic heterocycles. The van der Waals surface area contributed by atoms with Gasteiger partial charge in [0.25, 0.3) is 0 Å². The third-order valence-electron chi connectivity index (χ3n) is 7.93. The molecule has 0 spiro atoms. The van der Waals surface area contributed by atoms with Crippen LogP contribution in [0.5, 0.6) is 11.5 Å². The van der Waals surface area contributed by atoms with Crippen molar-refractivity contribution in [1.29, 1.82) is 0 Å². The van der Waals surface area contributed by atoms with E-state index in [0.29, 0.717) is 37.8 Å². The van der Waals surface area contributed by atoms with Crippen molar-refractivity contribution in [3.05, 3.63) is 66.2 Å². The number of carbonyl (C=O) groups is 1. The van der Waals surface area contributed by atoms with Gasteiger partial charge in [0, 0.05) is 25.3 Å². The molecule has 3 atom stereocenters. The van der Waals surface area contributed by atoms with Gasteiger partial charge in [-0.25, -0.2) is 0 Å². The van der Waals surface area contributed by atoms with Gasteiger partial charge >= 0.3 is 0 Å². The van der Waals surface area contributed by atoms with Crippen LogP contribution in [0.3, 0.4) is 0 Å². The van der Waals surface area contributed by atoms with Gasteiger partial charge in [-0.1, -0.05) is 36.4 Å². The lowest BCUT2D eigenvalue weighted by atomic mass is 9.99. The van der Waals surface area contributed by atoms with Crippen molar-refractivity contribution < 1.29 is 19.4 Å². The van der Waals surface area contributed by atoms with Crippen LogP contribution in [-0.2, 0) is 4.79 Å². The Morgan fingerprint density at radius 1 is 0.946 bits per heavy atom. The minimum absolute atomic E-state index is 0.0177. The number of nitrogens with zero attached hydrogens (tertiary/aromatic N) is 2. The van der Waals surface area contributed by atoms with Gasteiger partial charge in [0.15, 0.2) is 11.5 Å². The van der Waals surface area contributed by atoms with Gasteiger partial charge in [0.05, 0.1) is 12.0 Å². The molecule has 0 saturated carbocycles. The minimum Gasteiger partial charge on any atom is -0.486 e. The van der Waals surface area contributed by atoms with Crippen LogP contribution in [0.2, 0.25) is 0 Å². The van der Waals surface area contributed by atoms with Crippen LogP contribution >= 0.6 is 0 Å². The molecule has 3 heterocycles. The van der Waals surface area contributed by atoms with E-state index in [9.17, 15) is 9.90 Å². The van der Waals surface area contributed by atoms with E-state index < -0.39 is 12.1 Å². The highest BCUT2D eigenvalue weighted by Gasteiger charge is 2.33. The number of fused-ring (bicyclic) bond motifs is 2. The second-order valence-corrected chi connectivity index (χ2v) is 10.4. The average molecular weight is 502 g/mol. The fourth-order valence-electron chi connectivity index (χ4n) is 5.83. The zero-order valence-electron chi connectivity index (χ0n) is 21.1. The highest BCUT2D eigenvalue weighted by molar-refractivity contribution is 5.86. The summed E-state index contributed by atoms with van der Waals surface area (Å²) in [4.78, 5) is 18.1. The van der Waals surface area contributed by atoms with E-state index >= 15 is 0 Å². The molecule has 194 valence electrons. The summed E-state index contributed by atoms with van der Waals surface area (Å²) >= 11 is 0. The first kappa shape index (κ1) is 24.1. The van der Waals surface area contributed by atoms with Gasteiger partial charge in [0.2, 0.25) is 5.91 Å². The number of nitrogens with one attached hydrogen (secondary N) is 1. The number of hydrogen-bond acceptors (Lipinski definition) is 6. The van der Waals surface area contributed by atoms with E-state index in [1.165, 1.54) is 10.8 Å². The number of hydrogen-bond donors (Lipinski definition) is 2. The predicted molar refractivity (Wildman–Crippen MR) is 144 cm³/mol. The first-order chi connectivity index (χ1) is 18.1. The molecule has 37 heavy (non-hydrogen) atoms. The second-order valence-electron chi connectivity index (χ2n) is 10.4. The van der Waals surface area contributed by atoms with Crippen LogP contribution in [0, 0.1) is 5.92 Å². The molecule has 3 aliphatic rings. The average Bonchev–Trinajstić information content (AvgIpc) is 3.64. The van der Waals surface area contributed by atoms with E-state index in [0.717, 1.165) is 50.1 Å². The molecular formula is C30H35N3O4. The highest BCUT2D eigenvalue weighted by Crippen LogP contribution is 2.34. The third-order valence-corrected chi connectivity index (χ3v) is 7.93. The van der Waals surface area contributed by atoms with E-state index in [1.807, 2.05) is 18.2 Å². The fraction of sp³-hybridized carbons (Fsp3) is 0.433. The van der Waals surface area contributed by atoms with Crippen LogP contribution in [0.4, 0.5) is 5.69 Å². The molecule has 3 aliphatic heterocycles. The number of likely N-dealkylation sites (tertiary alicyclic amines) is 1. The topological polar surface area (TPSA) is 74.3 Å². The maximum atomic E-state index is 13.5. The monoisotopic (exact) mass is 501 g/mol. The Kier molecular flexibility index (Phi) is 6.89. The van der Waals surface area contributed by atoms with Crippen molar-refractivity contribution in [3.8, 4) is 11.5 Å². The fourth-order valence-corrected chi connectivity index (χ4v) is 5.83. The summed E-state index contributed by atoms with van der Waals surface area (Å²) in [7, 11) is 0. The van der Waals surface area contributed by atoms with E-state index in [1.54, 1.807) is 0 Å². The number of rotatable bonds is 7. The molecule has 0 aliphatic carbocycles. The number of anilines is 1. The summed E-state index contributed by atoms with van der Waals surface area (Å²) in [5, 5.41) is 17.1. The number of benzene rings is 3. The van der Waals surface area contributed by atoms with Crippen LogP contribution in [0.25, 0.3) is 10.8 Å². The molecule has 0 radical (unpaired) electrons. The SMILES string of the molecule is O=C(N[C@H](CN1CCCC1)[C@H](O)c1ccc2c(c1)OCCO2)[C@@H]1CCN(c2ccc3ccccc3c2)C1. The Balaban J connectivity index is 1.15.